The van der Waals surface area contributed by atoms with Gasteiger partial charge in [-0.2, -0.15) is 0 Å². The van der Waals surface area contributed by atoms with E-state index in [1.807, 2.05) is 31.3 Å². The Morgan fingerprint density at radius 1 is 1.50 bits per heavy atom. The average Bonchev–Trinajstić information content (AvgIpc) is 3.01. The first-order valence-electron chi connectivity index (χ1n) is 5.25. The summed E-state index contributed by atoms with van der Waals surface area (Å²) in [4.78, 5) is 12.8. The molecule has 1 N–H and O–H groups in total. The van der Waals surface area contributed by atoms with Gasteiger partial charge in [-0.25, -0.2) is 0 Å². The summed E-state index contributed by atoms with van der Waals surface area (Å²) in [7, 11) is 1.96. The second kappa shape index (κ2) is 4.44. The highest BCUT2D eigenvalue weighted by molar-refractivity contribution is 6.30. The Morgan fingerprint density at radius 2 is 2.12 bits per heavy atom. The molecule has 2 unspecified atom stereocenters. The summed E-state index contributed by atoms with van der Waals surface area (Å²) in [5.74, 6) is -0.870. The molecule has 1 aromatic carbocycles. The molecule has 4 heteroatoms. The fraction of sp³-hybridized carbons (Fsp3) is 0.417. The van der Waals surface area contributed by atoms with Gasteiger partial charge in [-0.15, -0.1) is 0 Å². The second-order valence-corrected chi connectivity index (χ2v) is 4.73. The predicted octanol–water partition coefficient (Wildman–Crippen LogP) is 2.24. The van der Waals surface area contributed by atoms with Crippen LogP contribution >= 0.6 is 11.6 Å². The molecule has 2 atom stereocenters. The first-order valence-corrected chi connectivity index (χ1v) is 5.63. The van der Waals surface area contributed by atoms with Gasteiger partial charge in [0.05, 0.1) is 5.92 Å². The van der Waals surface area contributed by atoms with Gasteiger partial charge in [0, 0.05) is 17.6 Å². The van der Waals surface area contributed by atoms with Gasteiger partial charge in [-0.05, 0) is 31.2 Å². The lowest BCUT2D eigenvalue weighted by molar-refractivity contribution is -0.138. The lowest BCUT2D eigenvalue weighted by Gasteiger charge is -2.16. The molecule has 1 fully saturated rings. The van der Waals surface area contributed by atoms with Gasteiger partial charge in [0.15, 0.2) is 0 Å². The third kappa shape index (κ3) is 2.54. The van der Waals surface area contributed by atoms with Crippen molar-refractivity contribution < 1.29 is 9.90 Å². The topological polar surface area (TPSA) is 40.5 Å². The van der Waals surface area contributed by atoms with Crippen LogP contribution in [0.4, 0.5) is 0 Å². The van der Waals surface area contributed by atoms with E-state index in [0.717, 1.165) is 23.6 Å². The minimum absolute atomic E-state index is 0.183. The maximum absolute atomic E-state index is 10.7. The van der Waals surface area contributed by atoms with Gasteiger partial charge in [0.1, 0.15) is 0 Å². The highest BCUT2D eigenvalue weighted by Gasteiger charge is 2.45. The van der Waals surface area contributed by atoms with Crippen LogP contribution in [0.25, 0.3) is 0 Å². The lowest BCUT2D eigenvalue weighted by Crippen LogP contribution is -2.23. The highest BCUT2D eigenvalue weighted by Crippen LogP contribution is 2.35. The SMILES string of the molecule is CN(Cc1ccc(Cl)cc1)C1CC1C(=O)O. The molecule has 1 aromatic rings. The number of carbonyl (C=O) groups is 1. The average molecular weight is 240 g/mol. The summed E-state index contributed by atoms with van der Waals surface area (Å²) in [5, 5.41) is 9.55. The van der Waals surface area contributed by atoms with Crippen molar-refractivity contribution >= 4 is 17.6 Å². The number of nitrogens with zero attached hydrogens (tertiary/aromatic N) is 1. The van der Waals surface area contributed by atoms with Crippen molar-refractivity contribution in [2.75, 3.05) is 7.05 Å². The van der Waals surface area contributed by atoms with Crippen LogP contribution in [0.3, 0.4) is 0 Å². The number of carboxylic acid groups (broad SMARTS) is 1. The molecule has 86 valence electrons. The van der Waals surface area contributed by atoms with Gasteiger partial charge in [-0.1, -0.05) is 23.7 Å². The second-order valence-electron chi connectivity index (χ2n) is 4.29. The molecule has 1 aliphatic rings. The number of benzene rings is 1. The highest BCUT2D eigenvalue weighted by atomic mass is 35.5. The Balaban J connectivity index is 1.91. The molecule has 0 radical (unpaired) electrons. The van der Waals surface area contributed by atoms with Crippen molar-refractivity contribution in [2.45, 2.75) is 19.0 Å². The van der Waals surface area contributed by atoms with Crippen molar-refractivity contribution in [1.29, 1.82) is 0 Å². The molecular weight excluding hydrogens is 226 g/mol. The molecule has 0 amide bonds. The molecule has 1 saturated carbocycles. The summed E-state index contributed by atoms with van der Waals surface area (Å²) in [5.41, 5.74) is 1.16. The first kappa shape index (κ1) is 11.4. The van der Waals surface area contributed by atoms with Crippen LogP contribution < -0.4 is 0 Å². The molecule has 0 bridgehead atoms. The van der Waals surface area contributed by atoms with E-state index < -0.39 is 5.97 Å². The summed E-state index contributed by atoms with van der Waals surface area (Å²) >= 11 is 5.80. The molecule has 16 heavy (non-hydrogen) atoms. The standard InChI is InChI=1S/C12H14ClNO2/c1-14(11-6-10(11)12(15)16)7-8-2-4-9(13)5-3-8/h2-5,10-11H,6-7H2,1H3,(H,15,16). The van der Waals surface area contributed by atoms with Crippen molar-refractivity contribution in [1.82, 2.24) is 4.90 Å². The number of carboxylic acids is 1. The zero-order valence-corrected chi connectivity index (χ0v) is 9.81. The van der Waals surface area contributed by atoms with E-state index in [-0.39, 0.29) is 12.0 Å². The monoisotopic (exact) mass is 239 g/mol. The van der Waals surface area contributed by atoms with Crippen molar-refractivity contribution in [3.05, 3.63) is 34.9 Å². The minimum atomic E-state index is -0.687. The Morgan fingerprint density at radius 3 is 2.62 bits per heavy atom. The maximum Gasteiger partial charge on any atom is 0.308 e. The van der Waals surface area contributed by atoms with E-state index in [1.54, 1.807) is 0 Å². The van der Waals surface area contributed by atoms with Crippen LogP contribution in [0.5, 0.6) is 0 Å². The number of halogens is 1. The molecule has 2 rings (SSSR count). The van der Waals surface area contributed by atoms with Gasteiger partial charge in [-0.3, -0.25) is 9.69 Å². The van der Waals surface area contributed by atoms with Gasteiger partial charge < -0.3 is 5.11 Å². The van der Waals surface area contributed by atoms with Gasteiger partial charge in [0.25, 0.3) is 0 Å². The first-order chi connectivity index (χ1) is 7.58. The van der Waals surface area contributed by atoms with Crippen LogP contribution in [-0.2, 0) is 11.3 Å². The molecular formula is C12H14ClNO2. The molecule has 0 aliphatic heterocycles. The third-order valence-electron chi connectivity index (χ3n) is 2.99. The van der Waals surface area contributed by atoms with Crippen LogP contribution in [0.2, 0.25) is 5.02 Å². The largest absolute Gasteiger partial charge is 0.481 e. The molecule has 0 heterocycles. The molecule has 1 aliphatic carbocycles. The molecule has 3 nitrogen and oxygen atoms in total. The van der Waals surface area contributed by atoms with E-state index in [9.17, 15) is 4.79 Å². The third-order valence-corrected chi connectivity index (χ3v) is 3.24. The van der Waals surface area contributed by atoms with Crippen LogP contribution in [-0.4, -0.2) is 29.1 Å². The zero-order valence-electron chi connectivity index (χ0n) is 9.06. The summed E-state index contributed by atoms with van der Waals surface area (Å²) in [6, 6.07) is 7.83. The number of hydrogen-bond acceptors (Lipinski definition) is 2. The Hall–Kier alpha value is -1.06. The number of hydrogen-bond donors (Lipinski definition) is 1. The van der Waals surface area contributed by atoms with Crippen molar-refractivity contribution in [3.8, 4) is 0 Å². The van der Waals surface area contributed by atoms with E-state index in [2.05, 4.69) is 4.90 Å². The fourth-order valence-corrected chi connectivity index (χ4v) is 2.06. The number of rotatable bonds is 4. The predicted molar refractivity (Wildman–Crippen MR) is 62.4 cm³/mol. The Labute approximate surface area is 99.6 Å². The van der Waals surface area contributed by atoms with E-state index in [1.165, 1.54) is 0 Å². The van der Waals surface area contributed by atoms with Crippen molar-refractivity contribution in [3.63, 3.8) is 0 Å². The minimum Gasteiger partial charge on any atom is -0.481 e. The van der Waals surface area contributed by atoms with Crippen LogP contribution in [0.1, 0.15) is 12.0 Å². The number of aliphatic carboxylic acids is 1. The summed E-state index contributed by atoms with van der Waals surface area (Å²) in [6.07, 6.45) is 0.763. The van der Waals surface area contributed by atoms with E-state index in [0.29, 0.717) is 0 Å². The van der Waals surface area contributed by atoms with E-state index >= 15 is 0 Å². The van der Waals surface area contributed by atoms with E-state index in [4.69, 9.17) is 16.7 Å². The summed E-state index contributed by atoms with van der Waals surface area (Å²) in [6.45, 7) is 0.769. The smallest absolute Gasteiger partial charge is 0.308 e. The quantitative estimate of drug-likeness (QED) is 0.876. The molecule has 0 spiro atoms. The van der Waals surface area contributed by atoms with Crippen LogP contribution in [0, 0.1) is 5.92 Å². The van der Waals surface area contributed by atoms with Crippen molar-refractivity contribution in [2.24, 2.45) is 5.92 Å². The van der Waals surface area contributed by atoms with Gasteiger partial charge in [0.2, 0.25) is 0 Å². The molecule has 0 saturated heterocycles. The molecule has 0 aromatic heterocycles. The van der Waals surface area contributed by atoms with Gasteiger partial charge >= 0.3 is 5.97 Å². The Bertz CT molecular complexity index is 391. The normalized spacial score (nSPS) is 23.4. The zero-order chi connectivity index (χ0) is 11.7. The summed E-state index contributed by atoms with van der Waals surface area (Å²) < 4.78 is 0. The van der Waals surface area contributed by atoms with Crippen LogP contribution in [0.15, 0.2) is 24.3 Å². The lowest BCUT2D eigenvalue weighted by atomic mass is 10.2. The maximum atomic E-state index is 10.7. The fourth-order valence-electron chi connectivity index (χ4n) is 1.93. The Kier molecular flexibility index (Phi) is 3.17.